The molecule has 1 aliphatic rings. The van der Waals surface area contributed by atoms with Crippen LogP contribution in [0, 0.1) is 0 Å². The summed E-state index contributed by atoms with van der Waals surface area (Å²) in [5.74, 6) is 0.841. The van der Waals surface area contributed by atoms with Gasteiger partial charge in [0.1, 0.15) is 5.76 Å². The van der Waals surface area contributed by atoms with E-state index in [1.807, 2.05) is 67.6 Å². The quantitative estimate of drug-likeness (QED) is 0.784. The standard InChI is InChI=1S/C19H21O2P/c1-16-19(14-8-9-15-21-16)22(20,17-10-4-2-5-11-17)18-12-6-3-7-13-18/h2-7,10-13H,8-9,14-15H2,1H3. The summed E-state index contributed by atoms with van der Waals surface area (Å²) < 4.78 is 20.0. The Kier molecular flexibility index (Phi) is 4.49. The third kappa shape index (κ3) is 2.76. The summed E-state index contributed by atoms with van der Waals surface area (Å²) in [5.41, 5.74) is 0. The van der Waals surface area contributed by atoms with E-state index in [0.717, 1.165) is 47.6 Å². The van der Waals surface area contributed by atoms with Gasteiger partial charge in [0.05, 0.1) is 6.61 Å². The molecule has 0 saturated heterocycles. The van der Waals surface area contributed by atoms with E-state index in [1.54, 1.807) is 0 Å². The SMILES string of the molecule is CC1=C(P(=O)(c2ccccc2)c2ccccc2)CCCCO1. The number of hydrogen-bond donors (Lipinski definition) is 0. The fraction of sp³-hybridized carbons (Fsp3) is 0.263. The van der Waals surface area contributed by atoms with Crippen LogP contribution >= 0.6 is 7.14 Å². The van der Waals surface area contributed by atoms with Crippen molar-refractivity contribution in [2.75, 3.05) is 6.61 Å². The Bertz CT molecular complexity index is 661. The Morgan fingerprint density at radius 3 is 1.95 bits per heavy atom. The van der Waals surface area contributed by atoms with Crippen molar-refractivity contribution < 1.29 is 9.30 Å². The molecule has 0 spiro atoms. The number of ether oxygens (including phenoxy) is 1. The van der Waals surface area contributed by atoms with Gasteiger partial charge in [0.2, 0.25) is 0 Å². The lowest BCUT2D eigenvalue weighted by atomic mass is 10.2. The highest BCUT2D eigenvalue weighted by Gasteiger charge is 2.34. The first-order valence-corrected chi connectivity index (χ1v) is 9.48. The third-order valence-corrected chi connectivity index (χ3v) is 7.50. The molecule has 0 aliphatic carbocycles. The van der Waals surface area contributed by atoms with Gasteiger partial charge in [-0.1, -0.05) is 60.7 Å². The van der Waals surface area contributed by atoms with Crippen molar-refractivity contribution in [2.45, 2.75) is 26.2 Å². The second kappa shape index (κ2) is 6.54. The number of benzene rings is 2. The van der Waals surface area contributed by atoms with E-state index >= 15 is 0 Å². The third-order valence-electron chi connectivity index (χ3n) is 4.15. The van der Waals surface area contributed by atoms with Crippen molar-refractivity contribution >= 4 is 17.8 Å². The minimum atomic E-state index is -2.83. The lowest BCUT2D eigenvalue weighted by molar-refractivity contribution is 0.215. The van der Waals surface area contributed by atoms with Crippen LogP contribution < -0.4 is 10.6 Å². The van der Waals surface area contributed by atoms with Crippen LogP contribution in [0.3, 0.4) is 0 Å². The van der Waals surface area contributed by atoms with Gasteiger partial charge in [-0.15, -0.1) is 0 Å². The van der Waals surface area contributed by atoms with Gasteiger partial charge in [0, 0.05) is 15.9 Å². The van der Waals surface area contributed by atoms with Crippen molar-refractivity contribution in [3.05, 3.63) is 71.7 Å². The summed E-state index contributed by atoms with van der Waals surface area (Å²) in [4.78, 5) is 0. The van der Waals surface area contributed by atoms with E-state index in [0.29, 0.717) is 0 Å². The highest BCUT2D eigenvalue weighted by atomic mass is 31.2. The van der Waals surface area contributed by atoms with Crippen LogP contribution in [0.5, 0.6) is 0 Å². The molecule has 0 bridgehead atoms. The average molecular weight is 312 g/mol. The topological polar surface area (TPSA) is 26.3 Å². The van der Waals surface area contributed by atoms with E-state index in [4.69, 9.17) is 4.74 Å². The maximum Gasteiger partial charge on any atom is 0.170 e. The van der Waals surface area contributed by atoms with Crippen LogP contribution in [0.1, 0.15) is 26.2 Å². The van der Waals surface area contributed by atoms with Crippen molar-refractivity contribution in [1.82, 2.24) is 0 Å². The summed E-state index contributed by atoms with van der Waals surface area (Å²) in [5, 5.41) is 2.75. The highest BCUT2D eigenvalue weighted by Crippen LogP contribution is 2.55. The van der Waals surface area contributed by atoms with Crippen LogP contribution in [-0.2, 0) is 9.30 Å². The lowest BCUT2D eigenvalue weighted by Gasteiger charge is -2.23. The largest absolute Gasteiger partial charge is 0.498 e. The van der Waals surface area contributed by atoms with E-state index in [-0.39, 0.29) is 0 Å². The monoisotopic (exact) mass is 312 g/mol. The molecule has 0 saturated carbocycles. The van der Waals surface area contributed by atoms with Crippen LogP contribution in [-0.4, -0.2) is 6.61 Å². The van der Waals surface area contributed by atoms with Crippen molar-refractivity contribution in [3.63, 3.8) is 0 Å². The molecule has 0 unspecified atom stereocenters. The van der Waals surface area contributed by atoms with Crippen molar-refractivity contribution in [3.8, 4) is 0 Å². The molecule has 0 fully saturated rings. The number of allylic oxidation sites excluding steroid dienone is 2. The second-order valence-electron chi connectivity index (χ2n) is 5.59. The Morgan fingerprint density at radius 1 is 0.864 bits per heavy atom. The van der Waals surface area contributed by atoms with E-state index in [1.165, 1.54) is 0 Å². The van der Waals surface area contributed by atoms with Gasteiger partial charge < -0.3 is 9.30 Å². The molecule has 2 nitrogen and oxygen atoms in total. The second-order valence-corrected chi connectivity index (χ2v) is 8.38. The van der Waals surface area contributed by atoms with Crippen LogP contribution in [0.4, 0.5) is 0 Å². The highest BCUT2D eigenvalue weighted by molar-refractivity contribution is 7.82. The normalized spacial score (nSPS) is 16.0. The average Bonchev–Trinajstić information content (AvgIpc) is 2.80. The zero-order valence-corrected chi connectivity index (χ0v) is 13.8. The summed E-state index contributed by atoms with van der Waals surface area (Å²) >= 11 is 0. The fourth-order valence-corrected chi connectivity index (χ4v) is 6.08. The molecule has 0 amide bonds. The molecule has 3 heteroatoms. The van der Waals surface area contributed by atoms with Gasteiger partial charge in [-0.05, 0) is 26.2 Å². The van der Waals surface area contributed by atoms with Crippen molar-refractivity contribution in [2.24, 2.45) is 0 Å². The van der Waals surface area contributed by atoms with Gasteiger partial charge in [0.25, 0.3) is 0 Å². The summed E-state index contributed by atoms with van der Waals surface area (Å²) in [7, 11) is -2.83. The Hall–Kier alpha value is -1.79. The molecule has 0 radical (unpaired) electrons. The predicted octanol–water partition coefficient (Wildman–Crippen LogP) is 4.43. The molecule has 2 aromatic rings. The van der Waals surface area contributed by atoms with Crippen LogP contribution in [0.25, 0.3) is 0 Å². The maximum absolute atomic E-state index is 14.2. The van der Waals surface area contributed by atoms with E-state index in [9.17, 15) is 4.57 Å². The first-order valence-electron chi connectivity index (χ1n) is 7.77. The Morgan fingerprint density at radius 2 is 1.41 bits per heavy atom. The molecule has 3 rings (SSSR count). The molecule has 1 heterocycles. The fourth-order valence-electron chi connectivity index (χ4n) is 2.99. The van der Waals surface area contributed by atoms with Gasteiger partial charge in [0.15, 0.2) is 7.14 Å². The minimum Gasteiger partial charge on any atom is -0.498 e. The Labute approximate surface area is 132 Å². The molecular weight excluding hydrogens is 291 g/mol. The first kappa shape index (κ1) is 15.1. The van der Waals surface area contributed by atoms with E-state index in [2.05, 4.69) is 0 Å². The molecule has 114 valence electrons. The number of hydrogen-bond acceptors (Lipinski definition) is 2. The van der Waals surface area contributed by atoms with E-state index < -0.39 is 7.14 Å². The molecule has 0 aromatic heterocycles. The zero-order valence-electron chi connectivity index (χ0n) is 12.9. The molecule has 22 heavy (non-hydrogen) atoms. The smallest absolute Gasteiger partial charge is 0.170 e. The molecule has 0 atom stereocenters. The van der Waals surface area contributed by atoms with Gasteiger partial charge in [-0.25, -0.2) is 0 Å². The Balaban J connectivity index is 2.22. The van der Waals surface area contributed by atoms with Gasteiger partial charge in [-0.2, -0.15) is 0 Å². The molecular formula is C19H21O2P. The lowest BCUT2D eigenvalue weighted by Crippen LogP contribution is -2.18. The number of rotatable bonds is 3. The predicted molar refractivity (Wildman–Crippen MR) is 92.3 cm³/mol. The zero-order chi connectivity index (χ0) is 15.4. The molecule has 1 aliphatic heterocycles. The van der Waals surface area contributed by atoms with Gasteiger partial charge >= 0.3 is 0 Å². The maximum atomic E-state index is 14.2. The minimum absolute atomic E-state index is 0.721. The van der Waals surface area contributed by atoms with Crippen LogP contribution in [0.2, 0.25) is 0 Å². The first-order chi connectivity index (χ1) is 10.7. The summed E-state index contributed by atoms with van der Waals surface area (Å²) in [6.07, 6.45) is 2.88. The molecule has 2 aromatic carbocycles. The summed E-state index contributed by atoms with van der Waals surface area (Å²) in [6.45, 7) is 2.68. The molecule has 0 N–H and O–H groups in total. The summed E-state index contributed by atoms with van der Waals surface area (Å²) in [6, 6.07) is 19.6. The van der Waals surface area contributed by atoms with Gasteiger partial charge in [-0.3, -0.25) is 0 Å². The van der Waals surface area contributed by atoms with Crippen LogP contribution in [0.15, 0.2) is 71.7 Å². The van der Waals surface area contributed by atoms with Crippen molar-refractivity contribution in [1.29, 1.82) is 0 Å².